The minimum atomic E-state index is -3.46. The third-order valence-corrected chi connectivity index (χ3v) is 8.81. The maximum Gasteiger partial charge on any atom is 0.229 e. The molecule has 6 nitrogen and oxygen atoms in total. The molecule has 0 bridgehead atoms. The number of aryl methyl sites for hydroxylation is 2. The number of anilines is 1. The van der Waals surface area contributed by atoms with Crippen LogP contribution in [0.3, 0.4) is 0 Å². The van der Waals surface area contributed by atoms with Gasteiger partial charge in [-0.1, -0.05) is 40.6 Å². The lowest BCUT2D eigenvalue weighted by Crippen LogP contribution is -2.30. The Morgan fingerprint density at radius 1 is 1.03 bits per heavy atom. The number of nitrogens with zero attached hydrogens (tertiary/aromatic N) is 3. The molecule has 2 aromatic heterocycles. The van der Waals surface area contributed by atoms with Crippen molar-refractivity contribution < 1.29 is 13.2 Å². The van der Waals surface area contributed by atoms with Crippen LogP contribution in [0.25, 0.3) is 10.2 Å². The van der Waals surface area contributed by atoms with Crippen LogP contribution in [0.5, 0.6) is 0 Å². The molecule has 4 aromatic rings. The standard InChI is InChI=1S/C25H24ClN3O3S2/c1-17-5-7-20(8-6-17)34(31,32)15-3-4-23(30)29(16-19-11-13-27-14-12-19)25-28-24-18(2)21(26)9-10-22(24)33-25/h5-14H,3-4,15-16H2,1-2H3. The van der Waals surface area contributed by atoms with Crippen LogP contribution in [0.4, 0.5) is 5.13 Å². The minimum Gasteiger partial charge on any atom is -0.284 e. The zero-order chi connectivity index (χ0) is 24.3. The Morgan fingerprint density at radius 2 is 1.74 bits per heavy atom. The van der Waals surface area contributed by atoms with E-state index in [0.717, 1.165) is 26.9 Å². The van der Waals surface area contributed by atoms with Crippen LogP contribution < -0.4 is 4.90 Å². The first kappa shape index (κ1) is 24.3. The molecule has 0 aliphatic carbocycles. The fraction of sp³-hybridized carbons (Fsp3) is 0.240. The second kappa shape index (κ2) is 10.2. The smallest absolute Gasteiger partial charge is 0.229 e. The van der Waals surface area contributed by atoms with Crippen LogP contribution in [0, 0.1) is 13.8 Å². The fourth-order valence-corrected chi connectivity index (χ4v) is 6.05. The summed E-state index contributed by atoms with van der Waals surface area (Å²) in [5, 5.41) is 1.18. The Kier molecular flexibility index (Phi) is 7.30. The number of thiazole rings is 1. The first-order valence-corrected chi connectivity index (χ1v) is 13.6. The Bertz CT molecular complexity index is 1420. The van der Waals surface area contributed by atoms with Crippen molar-refractivity contribution in [3.63, 3.8) is 0 Å². The maximum atomic E-state index is 13.3. The maximum absolute atomic E-state index is 13.3. The van der Waals surface area contributed by atoms with E-state index < -0.39 is 9.84 Å². The molecule has 0 unspecified atom stereocenters. The van der Waals surface area contributed by atoms with Crippen molar-refractivity contribution in [3.05, 3.63) is 82.6 Å². The highest BCUT2D eigenvalue weighted by atomic mass is 35.5. The summed E-state index contributed by atoms with van der Waals surface area (Å²) in [5.74, 6) is -0.279. The molecule has 0 spiro atoms. The van der Waals surface area contributed by atoms with Gasteiger partial charge in [0.25, 0.3) is 0 Å². The highest BCUT2D eigenvalue weighted by Crippen LogP contribution is 2.34. The molecule has 0 radical (unpaired) electrons. The van der Waals surface area contributed by atoms with Gasteiger partial charge in [-0.25, -0.2) is 13.4 Å². The number of carbonyl (C=O) groups excluding carboxylic acids is 1. The summed E-state index contributed by atoms with van der Waals surface area (Å²) < 4.78 is 26.3. The van der Waals surface area contributed by atoms with Gasteiger partial charge in [0, 0.05) is 23.8 Å². The molecule has 0 N–H and O–H groups in total. The molecule has 2 heterocycles. The van der Waals surface area contributed by atoms with Crippen LogP contribution >= 0.6 is 22.9 Å². The van der Waals surface area contributed by atoms with Gasteiger partial charge in [0.15, 0.2) is 15.0 Å². The van der Waals surface area contributed by atoms with Crippen LogP contribution in [0.1, 0.15) is 29.5 Å². The zero-order valence-corrected chi connectivity index (χ0v) is 21.3. The summed E-state index contributed by atoms with van der Waals surface area (Å²) in [6.45, 7) is 4.13. The SMILES string of the molecule is Cc1ccc(S(=O)(=O)CCCC(=O)N(Cc2ccncc2)c2nc3c(C)c(Cl)ccc3s2)cc1. The second-order valence-electron chi connectivity index (χ2n) is 8.09. The number of hydrogen-bond acceptors (Lipinski definition) is 6. The Labute approximate surface area is 208 Å². The molecule has 1 amide bonds. The largest absolute Gasteiger partial charge is 0.284 e. The Balaban J connectivity index is 1.55. The molecular formula is C25H24ClN3O3S2. The first-order valence-electron chi connectivity index (χ1n) is 10.8. The van der Waals surface area contributed by atoms with E-state index in [1.54, 1.807) is 41.6 Å². The fourth-order valence-electron chi connectivity index (χ4n) is 3.55. The van der Waals surface area contributed by atoms with E-state index in [2.05, 4.69) is 4.98 Å². The summed E-state index contributed by atoms with van der Waals surface area (Å²) in [5.41, 5.74) is 3.53. The molecule has 0 aliphatic heterocycles. The molecule has 9 heteroatoms. The van der Waals surface area contributed by atoms with E-state index in [1.165, 1.54) is 11.3 Å². The molecule has 0 saturated heterocycles. The van der Waals surface area contributed by atoms with Crippen molar-refractivity contribution in [1.29, 1.82) is 0 Å². The van der Waals surface area contributed by atoms with Crippen molar-refractivity contribution in [1.82, 2.24) is 9.97 Å². The van der Waals surface area contributed by atoms with E-state index in [-0.39, 0.29) is 29.4 Å². The van der Waals surface area contributed by atoms with Gasteiger partial charge in [0.1, 0.15) is 0 Å². The third kappa shape index (κ3) is 5.46. The molecule has 0 saturated carbocycles. The minimum absolute atomic E-state index is 0.0891. The quantitative estimate of drug-likeness (QED) is 0.300. The molecule has 0 fully saturated rings. The molecule has 0 aliphatic rings. The van der Waals surface area contributed by atoms with Crippen LogP contribution in [0.15, 0.2) is 65.8 Å². The van der Waals surface area contributed by atoms with Crippen molar-refractivity contribution in [2.24, 2.45) is 0 Å². The lowest BCUT2D eigenvalue weighted by molar-refractivity contribution is -0.118. The summed E-state index contributed by atoms with van der Waals surface area (Å²) >= 11 is 7.67. The molecule has 0 atom stereocenters. The van der Waals surface area contributed by atoms with Gasteiger partial charge in [-0.3, -0.25) is 14.7 Å². The predicted octanol–water partition coefficient (Wildman–Crippen LogP) is 5.75. The predicted molar refractivity (Wildman–Crippen MR) is 137 cm³/mol. The van der Waals surface area contributed by atoms with E-state index in [0.29, 0.717) is 16.7 Å². The zero-order valence-electron chi connectivity index (χ0n) is 18.9. The average Bonchev–Trinajstić information content (AvgIpc) is 3.25. The third-order valence-electron chi connectivity index (χ3n) is 5.54. The number of halogens is 1. The first-order chi connectivity index (χ1) is 16.2. The number of rotatable bonds is 8. The Morgan fingerprint density at radius 3 is 2.44 bits per heavy atom. The second-order valence-corrected chi connectivity index (χ2v) is 11.6. The van der Waals surface area contributed by atoms with E-state index in [4.69, 9.17) is 16.6 Å². The van der Waals surface area contributed by atoms with Crippen LogP contribution in [-0.4, -0.2) is 30.0 Å². The molecule has 2 aromatic carbocycles. The molecule has 176 valence electrons. The van der Waals surface area contributed by atoms with E-state index in [9.17, 15) is 13.2 Å². The number of aromatic nitrogens is 2. The number of hydrogen-bond donors (Lipinski definition) is 0. The van der Waals surface area contributed by atoms with Crippen molar-refractivity contribution in [2.45, 2.75) is 38.1 Å². The van der Waals surface area contributed by atoms with E-state index >= 15 is 0 Å². The van der Waals surface area contributed by atoms with Gasteiger partial charge in [-0.05, 0) is 67.8 Å². The van der Waals surface area contributed by atoms with Crippen LogP contribution in [-0.2, 0) is 21.2 Å². The number of amides is 1. The van der Waals surface area contributed by atoms with Gasteiger partial charge in [0.05, 0.1) is 27.4 Å². The van der Waals surface area contributed by atoms with Crippen molar-refractivity contribution in [2.75, 3.05) is 10.7 Å². The summed E-state index contributed by atoms with van der Waals surface area (Å²) in [4.78, 5) is 23.9. The van der Waals surface area contributed by atoms with Gasteiger partial charge >= 0.3 is 0 Å². The van der Waals surface area contributed by atoms with Gasteiger partial charge in [0.2, 0.25) is 5.91 Å². The summed E-state index contributed by atoms with van der Waals surface area (Å²) in [7, 11) is -3.46. The van der Waals surface area contributed by atoms with Gasteiger partial charge in [-0.15, -0.1) is 0 Å². The molecule has 34 heavy (non-hydrogen) atoms. The number of fused-ring (bicyclic) bond motifs is 1. The summed E-state index contributed by atoms with van der Waals surface area (Å²) in [6, 6.07) is 14.2. The van der Waals surface area contributed by atoms with Crippen molar-refractivity contribution in [3.8, 4) is 0 Å². The van der Waals surface area contributed by atoms with E-state index in [1.807, 2.05) is 38.1 Å². The lowest BCUT2D eigenvalue weighted by atomic mass is 10.2. The topological polar surface area (TPSA) is 80.2 Å². The van der Waals surface area contributed by atoms with Gasteiger partial charge < -0.3 is 0 Å². The molecule has 4 rings (SSSR count). The summed E-state index contributed by atoms with van der Waals surface area (Å²) in [6.07, 6.45) is 3.66. The van der Waals surface area contributed by atoms with Crippen molar-refractivity contribution >= 4 is 54.0 Å². The number of sulfone groups is 1. The lowest BCUT2D eigenvalue weighted by Gasteiger charge is -2.20. The molecular weight excluding hydrogens is 490 g/mol. The van der Waals surface area contributed by atoms with Crippen LogP contribution in [0.2, 0.25) is 5.02 Å². The highest BCUT2D eigenvalue weighted by Gasteiger charge is 2.22. The highest BCUT2D eigenvalue weighted by molar-refractivity contribution is 7.91. The average molecular weight is 514 g/mol. The number of pyridine rings is 1. The monoisotopic (exact) mass is 513 g/mol. The number of benzene rings is 2. The Hall–Kier alpha value is -2.81. The normalized spacial score (nSPS) is 11.6. The van der Waals surface area contributed by atoms with Gasteiger partial charge in [-0.2, -0.15) is 0 Å². The number of carbonyl (C=O) groups is 1.